The standard InChI is InChI=1S/C11H16N4O/c1-8(7-16-2)6-15-10-3-4-13-5-9(10)14-11(15)12/h3-5,8H,6-7H2,1-2H3,(H2,12,14). The van der Waals surface area contributed by atoms with Crippen LogP contribution in [0.25, 0.3) is 11.0 Å². The number of ether oxygens (including phenoxy) is 1. The highest BCUT2D eigenvalue weighted by molar-refractivity contribution is 5.76. The smallest absolute Gasteiger partial charge is 0.201 e. The number of fused-ring (bicyclic) bond motifs is 1. The van der Waals surface area contributed by atoms with Crippen LogP contribution in [0.2, 0.25) is 0 Å². The molecule has 2 heterocycles. The number of rotatable bonds is 4. The molecule has 1 unspecified atom stereocenters. The van der Waals surface area contributed by atoms with Gasteiger partial charge < -0.3 is 15.0 Å². The normalized spacial score (nSPS) is 13.1. The number of imidazole rings is 1. The first-order valence-electron chi connectivity index (χ1n) is 5.27. The van der Waals surface area contributed by atoms with E-state index in [1.54, 1.807) is 19.5 Å². The Morgan fingerprint density at radius 3 is 3.12 bits per heavy atom. The van der Waals surface area contributed by atoms with E-state index in [9.17, 15) is 0 Å². The van der Waals surface area contributed by atoms with Crippen molar-refractivity contribution >= 4 is 17.0 Å². The Bertz CT molecular complexity index is 480. The number of nitrogens with two attached hydrogens (primary N) is 1. The molecule has 2 N–H and O–H groups in total. The lowest BCUT2D eigenvalue weighted by atomic mass is 10.2. The van der Waals surface area contributed by atoms with Gasteiger partial charge in [0.1, 0.15) is 5.52 Å². The minimum Gasteiger partial charge on any atom is -0.384 e. The molecular weight excluding hydrogens is 204 g/mol. The molecule has 0 bridgehead atoms. The van der Waals surface area contributed by atoms with Crippen molar-refractivity contribution in [2.75, 3.05) is 19.5 Å². The largest absolute Gasteiger partial charge is 0.384 e. The van der Waals surface area contributed by atoms with Crippen LogP contribution in [0.5, 0.6) is 0 Å². The highest BCUT2D eigenvalue weighted by Crippen LogP contribution is 2.18. The monoisotopic (exact) mass is 220 g/mol. The van der Waals surface area contributed by atoms with Crippen molar-refractivity contribution in [3.8, 4) is 0 Å². The fourth-order valence-electron chi connectivity index (χ4n) is 1.84. The lowest BCUT2D eigenvalue weighted by Crippen LogP contribution is -2.14. The fraction of sp³-hybridized carbons (Fsp3) is 0.455. The SMILES string of the molecule is COCC(C)Cn1c(N)nc2cnccc21. The average molecular weight is 220 g/mol. The number of aromatic nitrogens is 3. The van der Waals surface area contributed by atoms with Crippen LogP contribution in [-0.2, 0) is 11.3 Å². The number of nitrogen functional groups attached to an aromatic ring is 1. The molecule has 2 rings (SSSR count). The minimum atomic E-state index is 0.401. The van der Waals surface area contributed by atoms with Crippen LogP contribution in [0, 0.1) is 5.92 Å². The van der Waals surface area contributed by atoms with Gasteiger partial charge in [0.15, 0.2) is 0 Å². The zero-order chi connectivity index (χ0) is 11.5. The molecular formula is C11H16N4O. The van der Waals surface area contributed by atoms with Gasteiger partial charge in [0.05, 0.1) is 18.3 Å². The van der Waals surface area contributed by atoms with Gasteiger partial charge in [0.2, 0.25) is 5.95 Å². The maximum absolute atomic E-state index is 5.88. The Kier molecular flexibility index (Phi) is 3.05. The van der Waals surface area contributed by atoms with Gasteiger partial charge in [-0.3, -0.25) is 4.98 Å². The number of pyridine rings is 1. The van der Waals surface area contributed by atoms with Gasteiger partial charge in [0.25, 0.3) is 0 Å². The van der Waals surface area contributed by atoms with E-state index in [4.69, 9.17) is 10.5 Å². The van der Waals surface area contributed by atoms with Crippen molar-refractivity contribution in [1.82, 2.24) is 14.5 Å². The van der Waals surface area contributed by atoms with Gasteiger partial charge in [-0.2, -0.15) is 0 Å². The molecule has 5 heteroatoms. The summed E-state index contributed by atoms with van der Waals surface area (Å²) in [5.74, 6) is 0.934. The summed E-state index contributed by atoms with van der Waals surface area (Å²) < 4.78 is 7.12. The Hall–Kier alpha value is -1.62. The second-order valence-electron chi connectivity index (χ2n) is 4.01. The molecule has 0 aliphatic rings. The molecule has 2 aromatic rings. The van der Waals surface area contributed by atoms with Crippen LogP contribution in [0.3, 0.4) is 0 Å². The third-order valence-corrected chi connectivity index (χ3v) is 2.53. The first kappa shape index (κ1) is 10.9. The number of hydrogen-bond acceptors (Lipinski definition) is 4. The fourth-order valence-corrected chi connectivity index (χ4v) is 1.84. The molecule has 0 aliphatic heterocycles. The summed E-state index contributed by atoms with van der Waals surface area (Å²) in [6.45, 7) is 3.64. The van der Waals surface area contributed by atoms with Crippen molar-refractivity contribution < 1.29 is 4.74 Å². The first-order chi connectivity index (χ1) is 7.72. The lowest BCUT2D eigenvalue weighted by Gasteiger charge is -2.12. The summed E-state index contributed by atoms with van der Waals surface area (Å²) in [6, 6.07) is 1.93. The molecule has 0 saturated heterocycles. The predicted octanol–water partition coefficient (Wildman–Crippen LogP) is 1.30. The van der Waals surface area contributed by atoms with E-state index in [0.29, 0.717) is 18.5 Å². The van der Waals surface area contributed by atoms with Crippen LogP contribution in [-0.4, -0.2) is 28.3 Å². The molecule has 0 spiro atoms. The Morgan fingerprint density at radius 2 is 2.38 bits per heavy atom. The Labute approximate surface area is 94.2 Å². The van der Waals surface area contributed by atoms with E-state index in [1.807, 2.05) is 10.6 Å². The van der Waals surface area contributed by atoms with E-state index < -0.39 is 0 Å². The van der Waals surface area contributed by atoms with Crippen molar-refractivity contribution in [3.05, 3.63) is 18.5 Å². The van der Waals surface area contributed by atoms with E-state index >= 15 is 0 Å². The van der Waals surface area contributed by atoms with Gasteiger partial charge in [-0.15, -0.1) is 0 Å². The summed E-state index contributed by atoms with van der Waals surface area (Å²) >= 11 is 0. The van der Waals surface area contributed by atoms with Crippen molar-refractivity contribution in [3.63, 3.8) is 0 Å². The minimum absolute atomic E-state index is 0.401. The summed E-state index contributed by atoms with van der Waals surface area (Å²) in [4.78, 5) is 8.29. The first-order valence-corrected chi connectivity index (χ1v) is 5.27. The predicted molar refractivity (Wildman–Crippen MR) is 63.0 cm³/mol. The van der Waals surface area contributed by atoms with Crippen LogP contribution in [0.1, 0.15) is 6.92 Å². The van der Waals surface area contributed by atoms with E-state index in [0.717, 1.165) is 17.6 Å². The molecule has 0 radical (unpaired) electrons. The second kappa shape index (κ2) is 4.49. The third-order valence-electron chi connectivity index (χ3n) is 2.53. The molecule has 0 amide bonds. The third kappa shape index (κ3) is 1.99. The average Bonchev–Trinajstić information content (AvgIpc) is 2.56. The van der Waals surface area contributed by atoms with Gasteiger partial charge >= 0.3 is 0 Å². The number of hydrogen-bond donors (Lipinski definition) is 1. The maximum atomic E-state index is 5.88. The van der Waals surface area contributed by atoms with Gasteiger partial charge in [-0.1, -0.05) is 6.92 Å². The van der Waals surface area contributed by atoms with E-state index in [-0.39, 0.29) is 0 Å². The molecule has 0 aromatic carbocycles. The molecule has 2 aromatic heterocycles. The van der Waals surface area contributed by atoms with Crippen LogP contribution in [0.15, 0.2) is 18.5 Å². The number of anilines is 1. The summed E-state index contributed by atoms with van der Waals surface area (Å²) in [6.07, 6.45) is 3.48. The molecule has 0 saturated carbocycles. The molecule has 5 nitrogen and oxygen atoms in total. The van der Waals surface area contributed by atoms with Crippen molar-refractivity contribution in [2.45, 2.75) is 13.5 Å². The number of nitrogens with zero attached hydrogens (tertiary/aromatic N) is 3. The van der Waals surface area contributed by atoms with Crippen molar-refractivity contribution in [1.29, 1.82) is 0 Å². The number of methoxy groups -OCH3 is 1. The maximum Gasteiger partial charge on any atom is 0.201 e. The zero-order valence-electron chi connectivity index (χ0n) is 9.55. The van der Waals surface area contributed by atoms with E-state index in [2.05, 4.69) is 16.9 Å². The Morgan fingerprint density at radius 1 is 1.56 bits per heavy atom. The lowest BCUT2D eigenvalue weighted by molar-refractivity contribution is 0.152. The van der Waals surface area contributed by atoms with Crippen molar-refractivity contribution in [2.24, 2.45) is 5.92 Å². The van der Waals surface area contributed by atoms with Crippen LogP contribution in [0.4, 0.5) is 5.95 Å². The highest BCUT2D eigenvalue weighted by atomic mass is 16.5. The molecule has 0 aliphatic carbocycles. The topological polar surface area (TPSA) is 66.0 Å². The molecule has 0 fully saturated rings. The summed E-state index contributed by atoms with van der Waals surface area (Å²) in [7, 11) is 1.70. The zero-order valence-corrected chi connectivity index (χ0v) is 9.55. The van der Waals surface area contributed by atoms with Gasteiger partial charge in [-0.25, -0.2) is 4.98 Å². The quantitative estimate of drug-likeness (QED) is 0.843. The summed E-state index contributed by atoms with van der Waals surface area (Å²) in [5, 5.41) is 0. The summed E-state index contributed by atoms with van der Waals surface area (Å²) in [5.41, 5.74) is 7.74. The van der Waals surface area contributed by atoms with Crippen LogP contribution < -0.4 is 5.73 Å². The van der Waals surface area contributed by atoms with Crippen LogP contribution >= 0.6 is 0 Å². The molecule has 1 atom stereocenters. The molecule has 86 valence electrons. The highest BCUT2D eigenvalue weighted by Gasteiger charge is 2.10. The van der Waals surface area contributed by atoms with E-state index in [1.165, 1.54) is 0 Å². The van der Waals surface area contributed by atoms with Gasteiger partial charge in [-0.05, 0) is 12.0 Å². The molecule has 16 heavy (non-hydrogen) atoms. The van der Waals surface area contributed by atoms with Gasteiger partial charge in [0, 0.05) is 19.9 Å². The Balaban J connectivity index is 2.32. The second-order valence-corrected chi connectivity index (χ2v) is 4.01.